The summed E-state index contributed by atoms with van der Waals surface area (Å²) < 4.78 is 0. The summed E-state index contributed by atoms with van der Waals surface area (Å²) >= 11 is 0. The maximum Gasteiger partial charge on any atom is 1.00 e. The van der Waals surface area contributed by atoms with Crippen LogP contribution in [0.1, 0.15) is 108 Å². The first-order valence-electron chi connectivity index (χ1n) is 11.1. The minimum Gasteiger partial charge on any atom is -0.396 e. The van der Waals surface area contributed by atoms with Gasteiger partial charge in [-0.1, -0.05) is 68.7 Å². The Balaban J connectivity index is -0.000000177. The van der Waals surface area contributed by atoms with Gasteiger partial charge >= 0.3 is 51.4 Å². The van der Waals surface area contributed by atoms with Gasteiger partial charge in [0.05, 0.1) is 0 Å². The summed E-state index contributed by atoms with van der Waals surface area (Å²) in [6.07, 6.45) is 8.25. The molecular formula is C25H55KNO-. The summed E-state index contributed by atoms with van der Waals surface area (Å²) in [7, 11) is 0. The molecule has 28 heavy (non-hydrogen) atoms. The van der Waals surface area contributed by atoms with Crippen molar-refractivity contribution in [2.75, 3.05) is 19.7 Å². The molecule has 0 spiro atoms. The number of nitrogens with zero attached hydrogens (tertiary/aromatic N) is 1. The molecule has 1 aliphatic heterocycles. The first kappa shape index (κ1) is 36.9. The summed E-state index contributed by atoms with van der Waals surface area (Å²) in [6, 6.07) is 0. The Morgan fingerprint density at radius 3 is 1.71 bits per heavy atom. The van der Waals surface area contributed by atoms with Crippen LogP contribution in [-0.4, -0.2) is 35.2 Å². The minimum absolute atomic E-state index is 0. The van der Waals surface area contributed by atoms with Crippen molar-refractivity contribution in [2.45, 2.75) is 114 Å². The van der Waals surface area contributed by atoms with Gasteiger partial charge in [0, 0.05) is 12.1 Å². The van der Waals surface area contributed by atoms with Crippen LogP contribution in [0.4, 0.5) is 0 Å². The van der Waals surface area contributed by atoms with E-state index in [2.05, 4.69) is 73.6 Å². The van der Waals surface area contributed by atoms with Crippen LogP contribution in [0.2, 0.25) is 0 Å². The summed E-state index contributed by atoms with van der Waals surface area (Å²) in [5, 5.41) is 8.90. The fraction of sp³-hybridized carbons (Fsp3) is 0.920. The van der Waals surface area contributed by atoms with Gasteiger partial charge in [0.2, 0.25) is 0 Å². The third-order valence-electron chi connectivity index (χ3n) is 6.24. The first-order chi connectivity index (χ1) is 11.9. The topological polar surface area (TPSA) is 23.5 Å². The quantitative estimate of drug-likeness (QED) is 0.483. The van der Waals surface area contributed by atoms with Gasteiger partial charge in [0.1, 0.15) is 0 Å². The molecule has 0 aliphatic carbocycles. The number of hydrogen-bond donors (Lipinski definition) is 1. The van der Waals surface area contributed by atoms with Crippen molar-refractivity contribution in [3.63, 3.8) is 0 Å². The Hall–Kier alpha value is 1.56. The van der Waals surface area contributed by atoms with Crippen LogP contribution in [0.25, 0.3) is 0 Å². The van der Waals surface area contributed by atoms with Crippen molar-refractivity contribution in [3.05, 3.63) is 13.8 Å². The average Bonchev–Trinajstić information content (AvgIpc) is 2.57. The van der Waals surface area contributed by atoms with E-state index in [1.165, 1.54) is 25.7 Å². The summed E-state index contributed by atoms with van der Waals surface area (Å²) in [6.45, 7) is 27.5. The molecule has 0 radical (unpaired) electrons. The van der Waals surface area contributed by atoms with Crippen LogP contribution in [-0.2, 0) is 0 Å². The van der Waals surface area contributed by atoms with Crippen molar-refractivity contribution in [3.8, 4) is 0 Å². The Labute approximate surface area is 223 Å². The SMILES string of the molecule is CC.CC(C)(CCO)N1CC[CH-]CC1.CCC(C)(C)CC(C)(C)C(C)C.[CH3-].[K+]. The molecule has 2 nitrogen and oxygen atoms in total. The van der Waals surface area contributed by atoms with Crippen molar-refractivity contribution in [1.29, 1.82) is 0 Å². The average molecular weight is 425 g/mol. The molecule has 0 aromatic heterocycles. The molecule has 1 heterocycles. The molecule has 1 rings (SSSR count). The van der Waals surface area contributed by atoms with Gasteiger partial charge < -0.3 is 23.9 Å². The van der Waals surface area contributed by atoms with Crippen LogP contribution in [0.15, 0.2) is 0 Å². The normalized spacial score (nSPS) is 15.3. The molecule has 3 heteroatoms. The minimum atomic E-state index is 0. The zero-order valence-electron chi connectivity index (χ0n) is 22.2. The third-order valence-corrected chi connectivity index (χ3v) is 6.24. The van der Waals surface area contributed by atoms with Crippen LogP contribution in [0.5, 0.6) is 0 Å². The van der Waals surface area contributed by atoms with E-state index in [0.717, 1.165) is 25.4 Å². The number of aliphatic hydroxyl groups is 1. The standard InChI is InChI=1S/C12H26.C10H20NO.C2H6.CH3.K/c1-8-11(4,5)9-12(6,7)10(2)3;1-10(2,6-9-12)11-7-4-3-5-8-11;1-2;;/h10H,8-9H2,1-7H3;3,12H,4-9H2,1-2H3;1-2H3;1H3;/q;-1;;-1;+1. The van der Waals surface area contributed by atoms with E-state index < -0.39 is 0 Å². The molecule has 168 valence electrons. The van der Waals surface area contributed by atoms with E-state index in [1.807, 2.05) is 13.8 Å². The molecule has 0 unspecified atom stereocenters. The second kappa shape index (κ2) is 18.2. The predicted molar refractivity (Wildman–Crippen MR) is 126 cm³/mol. The van der Waals surface area contributed by atoms with Gasteiger partial charge in [0.15, 0.2) is 0 Å². The van der Waals surface area contributed by atoms with Crippen LogP contribution < -0.4 is 51.4 Å². The second-order valence-corrected chi connectivity index (χ2v) is 9.98. The van der Waals surface area contributed by atoms with Crippen LogP contribution in [0.3, 0.4) is 0 Å². The number of hydrogen-bond acceptors (Lipinski definition) is 2. The molecule has 1 fully saturated rings. The third kappa shape index (κ3) is 16.3. The zero-order valence-corrected chi connectivity index (χ0v) is 25.3. The molecule has 0 bridgehead atoms. The summed E-state index contributed by atoms with van der Waals surface area (Å²) in [4.78, 5) is 2.48. The van der Waals surface area contributed by atoms with E-state index in [4.69, 9.17) is 5.11 Å². The molecule has 0 saturated carbocycles. The van der Waals surface area contributed by atoms with Crippen molar-refractivity contribution < 1.29 is 56.5 Å². The number of piperidine rings is 1. The molecular weight excluding hydrogens is 369 g/mol. The second-order valence-electron chi connectivity index (χ2n) is 9.98. The maximum atomic E-state index is 8.90. The summed E-state index contributed by atoms with van der Waals surface area (Å²) in [5.74, 6) is 0.781. The van der Waals surface area contributed by atoms with Crippen molar-refractivity contribution >= 4 is 0 Å². The molecule has 0 amide bonds. The largest absolute Gasteiger partial charge is 1.00 e. The van der Waals surface area contributed by atoms with E-state index in [1.54, 1.807) is 0 Å². The van der Waals surface area contributed by atoms with Crippen molar-refractivity contribution in [1.82, 2.24) is 4.90 Å². The van der Waals surface area contributed by atoms with Gasteiger partial charge in [0.25, 0.3) is 0 Å². The van der Waals surface area contributed by atoms with Crippen LogP contribution >= 0.6 is 0 Å². The van der Waals surface area contributed by atoms with Gasteiger partial charge in [-0.15, -0.1) is 0 Å². The molecule has 1 aliphatic rings. The van der Waals surface area contributed by atoms with Gasteiger partial charge in [-0.2, -0.15) is 12.8 Å². The predicted octanol–water partition coefficient (Wildman–Crippen LogP) is 4.42. The Morgan fingerprint density at radius 1 is 0.964 bits per heavy atom. The zero-order chi connectivity index (χ0) is 21.0. The Morgan fingerprint density at radius 2 is 1.39 bits per heavy atom. The van der Waals surface area contributed by atoms with E-state index >= 15 is 0 Å². The fourth-order valence-electron chi connectivity index (χ4n) is 3.35. The fourth-order valence-corrected chi connectivity index (χ4v) is 3.35. The van der Waals surface area contributed by atoms with E-state index in [0.29, 0.717) is 17.4 Å². The first-order valence-corrected chi connectivity index (χ1v) is 11.1. The number of rotatable bonds is 7. The maximum absolute atomic E-state index is 8.90. The Kier molecular flexibility index (Phi) is 23.9. The summed E-state index contributed by atoms with van der Waals surface area (Å²) in [5.41, 5.74) is 1.18. The molecule has 0 aromatic rings. The monoisotopic (exact) mass is 424 g/mol. The molecule has 1 N–H and O–H groups in total. The number of likely N-dealkylation sites (tertiary alicyclic amines) is 1. The Bertz CT molecular complexity index is 329. The smallest absolute Gasteiger partial charge is 0.396 e. The van der Waals surface area contributed by atoms with Crippen LogP contribution in [0, 0.1) is 30.6 Å². The molecule has 1 saturated heterocycles. The van der Waals surface area contributed by atoms with Crippen molar-refractivity contribution in [2.24, 2.45) is 16.7 Å². The van der Waals surface area contributed by atoms with E-state index in [-0.39, 0.29) is 64.4 Å². The van der Waals surface area contributed by atoms with E-state index in [9.17, 15) is 0 Å². The molecule has 0 aromatic carbocycles. The van der Waals surface area contributed by atoms with Gasteiger partial charge in [-0.25, -0.2) is 0 Å². The van der Waals surface area contributed by atoms with Gasteiger partial charge in [-0.05, 0) is 56.5 Å². The van der Waals surface area contributed by atoms with Gasteiger partial charge in [-0.3, -0.25) is 0 Å². The number of aliphatic hydroxyl groups excluding tert-OH is 1. The molecule has 0 atom stereocenters.